The molecule has 9 aromatic rings. The average molecular weight is 573 g/mol. The number of fused-ring (bicyclic) bond motifs is 4. The van der Waals surface area contributed by atoms with Crippen LogP contribution in [0, 0.1) is 0 Å². The molecule has 0 radical (unpaired) electrons. The Morgan fingerprint density at radius 3 is 2.11 bits per heavy atom. The SMILES string of the molecule is c1ccc(-c2nc(-n3c4cc(-c5ccccn5)cc5c4c4c6c(cccc6ccc43)-c3ccccc3-5)nc3ccccc23)cc1. The normalized spacial score (nSPS) is 12.0. The van der Waals surface area contributed by atoms with Gasteiger partial charge >= 0.3 is 0 Å². The number of pyridine rings is 1. The first kappa shape index (κ1) is 24.3. The molecule has 1 aliphatic carbocycles. The van der Waals surface area contributed by atoms with E-state index in [2.05, 4.69) is 120 Å². The van der Waals surface area contributed by atoms with Gasteiger partial charge in [-0.2, -0.15) is 0 Å². The molecule has 0 spiro atoms. The predicted octanol–water partition coefficient (Wildman–Crippen LogP) is 10.3. The molecule has 208 valence electrons. The maximum atomic E-state index is 5.35. The Hall–Kier alpha value is -6.13. The Kier molecular flexibility index (Phi) is 4.96. The molecule has 3 heterocycles. The molecule has 4 nitrogen and oxygen atoms in total. The lowest BCUT2D eigenvalue weighted by molar-refractivity contribution is 1.01. The van der Waals surface area contributed by atoms with Crippen LogP contribution in [0.15, 0.2) is 146 Å². The first-order chi connectivity index (χ1) is 22.3. The van der Waals surface area contributed by atoms with E-state index in [4.69, 9.17) is 15.0 Å². The van der Waals surface area contributed by atoms with Crippen molar-refractivity contribution in [2.24, 2.45) is 0 Å². The monoisotopic (exact) mass is 572 g/mol. The molecule has 0 fully saturated rings. The minimum atomic E-state index is 0.655. The van der Waals surface area contributed by atoms with Crippen LogP contribution in [-0.2, 0) is 0 Å². The third kappa shape index (κ3) is 3.45. The first-order valence-corrected chi connectivity index (χ1v) is 15.2. The van der Waals surface area contributed by atoms with Crippen LogP contribution in [-0.4, -0.2) is 19.5 Å². The van der Waals surface area contributed by atoms with Crippen LogP contribution in [0.2, 0.25) is 0 Å². The third-order valence-corrected chi connectivity index (χ3v) is 9.18. The van der Waals surface area contributed by atoms with Gasteiger partial charge in [-0.15, -0.1) is 0 Å². The van der Waals surface area contributed by atoms with Gasteiger partial charge in [-0.3, -0.25) is 9.55 Å². The summed E-state index contributed by atoms with van der Waals surface area (Å²) < 4.78 is 2.27. The fourth-order valence-electron chi connectivity index (χ4n) is 7.27. The van der Waals surface area contributed by atoms with E-state index in [1.807, 2.05) is 30.5 Å². The minimum Gasteiger partial charge on any atom is -0.278 e. The van der Waals surface area contributed by atoms with Crippen molar-refractivity contribution in [2.45, 2.75) is 0 Å². The van der Waals surface area contributed by atoms with Crippen molar-refractivity contribution in [1.82, 2.24) is 19.5 Å². The van der Waals surface area contributed by atoms with E-state index in [1.54, 1.807) is 0 Å². The summed E-state index contributed by atoms with van der Waals surface area (Å²) in [6, 6.07) is 49.3. The molecule has 3 aromatic heterocycles. The van der Waals surface area contributed by atoms with E-state index in [1.165, 1.54) is 43.8 Å². The number of nitrogens with zero attached hydrogens (tertiary/aromatic N) is 4. The van der Waals surface area contributed by atoms with Gasteiger partial charge in [0.05, 0.1) is 27.9 Å². The number of hydrogen-bond acceptors (Lipinski definition) is 3. The van der Waals surface area contributed by atoms with Crippen LogP contribution in [0.5, 0.6) is 0 Å². The fraction of sp³-hybridized carbons (Fsp3) is 0. The standard InChI is InChI=1S/C41H24N4/c1-2-11-26(12-3-1)40-31-16-6-7-19-34(31)43-41(44-40)45-35-21-20-25-13-10-17-30-28-14-4-5-15-29(28)32-23-27(33-18-8-9-22-42-33)24-36(45)38(32)39(35)37(25)30/h1-24H. The Morgan fingerprint density at radius 2 is 1.24 bits per heavy atom. The van der Waals surface area contributed by atoms with Crippen LogP contribution in [0.1, 0.15) is 0 Å². The van der Waals surface area contributed by atoms with Crippen molar-refractivity contribution < 1.29 is 0 Å². The van der Waals surface area contributed by atoms with Crippen LogP contribution < -0.4 is 0 Å². The first-order valence-electron chi connectivity index (χ1n) is 15.2. The van der Waals surface area contributed by atoms with E-state index in [0.29, 0.717) is 5.95 Å². The molecule has 0 unspecified atom stereocenters. The van der Waals surface area contributed by atoms with Gasteiger partial charge in [0.2, 0.25) is 5.95 Å². The second-order valence-corrected chi connectivity index (χ2v) is 11.6. The van der Waals surface area contributed by atoms with E-state index in [0.717, 1.165) is 44.5 Å². The smallest absolute Gasteiger partial charge is 0.235 e. The van der Waals surface area contributed by atoms with Crippen LogP contribution in [0.3, 0.4) is 0 Å². The van der Waals surface area contributed by atoms with Crippen molar-refractivity contribution in [3.63, 3.8) is 0 Å². The fourth-order valence-corrected chi connectivity index (χ4v) is 7.27. The zero-order valence-electron chi connectivity index (χ0n) is 24.1. The zero-order valence-corrected chi connectivity index (χ0v) is 24.1. The summed E-state index contributed by atoms with van der Waals surface area (Å²) in [6.07, 6.45) is 1.86. The van der Waals surface area contributed by atoms with Gasteiger partial charge in [-0.25, -0.2) is 9.97 Å². The highest BCUT2D eigenvalue weighted by molar-refractivity contribution is 6.30. The zero-order chi connectivity index (χ0) is 29.5. The summed E-state index contributed by atoms with van der Waals surface area (Å²) in [4.78, 5) is 15.4. The lowest BCUT2D eigenvalue weighted by atomic mass is 9.92. The summed E-state index contributed by atoms with van der Waals surface area (Å²) >= 11 is 0. The average Bonchev–Trinajstić information content (AvgIpc) is 3.39. The van der Waals surface area contributed by atoms with Crippen molar-refractivity contribution in [3.8, 4) is 50.7 Å². The molecule has 0 aliphatic heterocycles. The summed E-state index contributed by atoms with van der Waals surface area (Å²) in [7, 11) is 0. The van der Waals surface area contributed by atoms with Crippen molar-refractivity contribution in [3.05, 3.63) is 146 Å². The van der Waals surface area contributed by atoms with Gasteiger partial charge in [0.1, 0.15) is 0 Å². The lowest BCUT2D eigenvalue weighted by Gasteiger charge is -2.15. The Morgan fingerprint density at radius 1 is 0.467 bits per heavy atom. The van der Waals surface area contributed by atoms with E-state index < -0.39 is 0 Å². The molecule has 0 N–H and O–H groups in total. The van der Waals surface area contributed by atoms with Gasteiger partial charge in [0, 0.05) is 33.5 Å². The number of para-hydroxylation sites is 1. The second kappa shape index (κ2) is 9.18. The maximum absolute atomic E-state index is 5.35. The topological polar surface area (TPSA) is 43.6 Å². The molecule has 0 bridgehead atoms. The van der Waals surface area contributed by atoms with Crippen molar-refractivity contribution in [1.29, 1.82) is 0 Å². The Bertz CT molecular complexity index is 2640. The van der Waals surface area contributed by atoms with Crippen LogP contribution in [0.25, 0.3) is 94.2 Å². The summed E-state index contributed by atoms with van der Waals surface area (Å²) in [6.45, 7) is 0. The highest BCUT2D eigenvalue weighted by atomic mass is 15.2. The van der Waals surface area contributed by atoms with Crippen molar-refractivity contribution >= 4 is 43.5 Å². The molecule has 0 saturated carbocycles. The minimum absolute atomic E-state index is 0.655. The molecule has 0 atom stereocenters. The molecule has 10 rings (SSSR count). The van der Waals surface area contributed by atoms with Gasteiger partial charge in [-0.05, 0) is 69.4 Å². The van der Waals surface area contributed by atoms with E-state index in [-0.39, 0.29) is 0 Å². The maximum Gasteiger partial charge on any atom is 0.235 e. The largest absolute Gasteiger partial charge is 0.278 e. The summed E-state index contributed by atoms with van der Waals surface area (Å²) in [5.74, 6) is 0.655. The van der Waals surface area contributed by atoms with Crippen LogP contribution in [0.4, 0.5) is 0 Å². The Labute approximate surface area is 258 Å². The summed E-state index contributed by atoms with van der Waals surface area (Å²) in [5, 5.41) is 5.96. The van der Waals surface area contributed by atoms with Crippen molar-refractivity contribution in [2.75, 3.05) is 0 Å². The van der Waals surface area contributed by atoms with E-state index >= 15 is 0 Å². The predicted molar refractivity (Wildman–Crippen MR) is 184 cm³/mol. The van der Waals surface area contributed by atoms with Gasteiger partial charge in [0.25, 0.3) is 0 Å². The molecule has 1 aliphatic rings. The van der Waals surface area contributed by atoms with Crippen LogP contribution >= 0.6 is 0 Å². The van der Waals surface area contributed by atoms with Gasteiger partial charge in [0.15, 0.2) is 0 Å². The number of hydrogen-bond donors (Lipinski definition) is 0. The molecule has 0 saturated heterocycles. The number of aromatic nitrogens is 4. The van der Waals surface area contributed by atoms with E-state index in [9.17, 15) is 0 Å². The number of rotatable bonds is 3. The second-order valence-electron chi connectivity index (χ2n) is 11.6. The Balaban J connectivity index is 1.43. The third-order valence-electron chi connectivity index (χ3n) is 9.18. The quantitative estimate of drug-likeness (QED) is 0.212. The molecule has 6 aromatic carbocycles. The number of benzene rings is 6. The summed E-state index contributed by atoms with van der Waals surface area (Å²) in [5.41, 5.74) is 11.9. The lowest BCUT2D eigenvalue weighted by Crippen LogP contribution is -2.04. The molecular weight excluding hydrogens is 548 g/mol. The molecular formula is C41H24N4. The van der Waals surface area contributed by atoms with Gasteiger partial charge in [-0.1, -0.05) is 103 Å². The molecule has 0 amide bonds. The highest BCUT2D eigenvalue weighted by Crippen LogP contribution is 2.50. The molecule has 4 heteroatoms. The van der Waals surface area contributed by atoms with Gasteiger partial charge < -0.3 is 0 Å². The molecule has 45 heavy (non-hydrogen) atoms. The highest BCUT2D eigenvalue weighted by Gasteiger charge is 2.27.